The fourth-order valence-corrected chi connectivity index (χ4v) is 4.10. The molecule has 1 aromatic carbocycles. The van der Waals surface area contributed by atoms with Crippen LogP contribution in [0, 0.1) is 5.82 Å². The van der Waals surface area contributed by atoms with E-state index in [1.54, 1.807) is 18.3 Å². The van der Waals surface area contributed by atoms with Crippen molar-refractivity contribution in [3.63, 3.8) is 0 Å². The molecule has 2 heterocycles. The first-order valence-corrected chi connectivity index (χ1v) is 8.42. The van der Waals surface area contributed by atoms with Crippen molar-refractivity contribution in [3.8, 4) is 0 Å². The molecule has 0 radical (unpaired) electrons. The molecule has 0 unspecified atom stereocenters. The standard InChI is InChI=1S/C17H15FN2O2S/c18-12-4-1-7-15-11(12)10-16(23-15)17(21)22-14-6-2-5-13(14)20-9-3-8-19-20/h1,3-4,7-10,13-14H,2,5-6H2/t13-,14-/m1/s1. The van der Waals surface area contributed by atoms with Crippen LogP contribution < -0.4 is 0 Å². The monoisotopic (exact) mass is 330 g/mol. The molecule has 1 saturated carbocycles. The van der Waals surface area contributed by atoms with Gasteiger partial charge in [-0.2, -0.15) is 5.10 Å². The average Bonchev–Trinajstić information content (AvgIpc) is 3.27. The maximum Gasteiger partial charge on any atom is 0.348 e. The van der Waals surface area contributed by atoms with E-state index in [1.165, 1.54) is 17.4 Å². The smallest absolute Gasteiger partial charge is 0.348 e. The lowest BCUT2D eigenvalue weighted by atomic mass is 10.2. The average molecular weight is 330 g/mol. The summed E-state index contributed by atoms with van der Waals surface area (Å²) in [5.41, 5.74) is 0. The zero-order valence-electron chi connectivity index (χ0n) is 12.3. The fourth-order valence-electron chi connectivity index (χ4n) is 3.14. The topological polar surface area (TPSA) is 44.1 Å². The number of rotatable bonds is 3. The Balaban J connectivity index is 1.55. The maximum atomic E-state index is 13.8. The first-order chi connectivity index (χ1) is 11.2. The van der Waals surface area contributed by atoms with Crippen LogP contribution >= 0.6 is 11.3 Å². The number of hydrogen-bond acceptors (Lipinski definition) is 4. The Bertz CT molecular complexity index is 844. The Hall–Kier alpha value is -2.21. The second-order valence-electron chi connectivity index (χ2n) is 5.69. The minimum absolute atomic E-state index is 0.0834. The van der Waals surface area contributed by atoms with Crippen LogP contribution in [0.5, 0.6) is 0 Å². The van der Waals surface area contributed by atoms with Gasteiger partial charge in [0.1, 0.15) is 16.8 Å². The van der Waals surface area contributed by atoms with Crippen molar-refractivity contribution in [3.05, 3.63) is 53.4 Å². The molecular formula is C17H15FN2O2S. The largest absolute Gasteiger partial charge is 0.456 e. The van der Waals surface area contributed by atoms with Gasteiger partial charge in [0, 0.05) is 22.5 Å². The van der Waals surface area contributed by atoms with Crippen molar-refractivity contribution in [1.29, 1.82) is 0 Å². The summed E-state index contributed by atoms with van der Waals surface area (Å²) < 4.78 is 22.1. The second kappa shape index (κ2) is 5.77. The summed E-state index contributed by atoms with van der Waals surface area (Å²) >= 11 is 1.26. The predicted molar refractivity (Wildman–Crippen MR) is 86.1 cm³/mol. The summed E-state index contributed by atoms with van der Waals surface area (Å²) in [6.45, 7) is 0. The number of hydrogen-bond donors (Lipinski definition) is 0. The van der Waals surface area contributed by atoms with Crippen LogP contribution in [-0.4, -0.2) is 21.9 Å². The van der Waals surface area contributed by atoms with Crippen molar-refractivity contribution >= 4 is 27.4 Å². The molecule has 4 rings (SSSR count). The van der Waals surface area contributed by atoms with E-state index in [-0.39, 0.29) is 23.9 Å². The van der Waals surface area contributed by atoms with Gasteiger partial charge in [-0.1, -0.05) is 6.07 Å². The van der Waals surface area contributed by atoms with E-state index in [1.807, 2.05) is 23.0 Å². The summed E-state index contributed by atoms with van der Waals surface area (Å²) in [6.07, 6.45) is 6.22. The van der Waals surface area contributed by atoms with Gasteiger partial charge in [0.25, 0.3) is 0 Å². The highest BCUT2D eigenvalue weighted by Crippen LogP contribution is 2.34. The zero-order chi connectivity index (χ0) is 15.8. The lowest BCUT2D eigenvalue weighted by Gasteiger charge is -2.20. The van der Waals surface area contributed by atoms with Gasteiger partial charge >= 0.3 is 5.97 Å². The van der Waals surface area contributed by atoms with Gasteiger partial charge in [0.2, 0.25) is 0 Å². The molecule has 1 aliphatic rings. The van der Waals surface area contributed by atoms with Gasteiger partial charge < -0.3 is 4.74 Å². The summed E-state index contributed by atoms with van der Waals surface area (Å²) in [4.78, 5) is 12.9. The third-order valence-electron chi connectivity index (χ3n) is 4.25. The van der Waals surface area contributed by atoms with Crippen LogP contribution in [0.1, 0.15) is 35.0 Å². The number of aromatic nitrogens is 2. The number of thiophene rings is 1. The van der Waals surface area contributed by atoms with E-state index in [4.69, 9.17) is 4.74 Å². The van der Waals surface area contributed by atoms with Gasteiger partial charge in [-0.05, 0) is 43.5 Å². The number of fused-ring (bicyclic) bond motifs is 1. The molecule has 23 heavy (non-hydrogen) atoms. The summed E-state index contributed by atoms with van der Waals surface area (Å²) in [5, 5.41) is 4.73. The van der Waals surface area contributed by atoms with E-state index < -0.39 is 0 Å². The Morgan fingerprint density at radius 1 is 1.35 bits per heavy atom. The highest BCUT2D eigenvalue weighted by atomic mass is 32.1. The molecule has 1 fully saturated rings. The molecule has 1 aliphatic carbocycles. The number of carbonyl (C=O) groups is 1. The lowest BCUT2D eigenvalue weighted by Crippen LogP contribution is -2.25. The maximum absolute atomic E-state index is 13.8. The summed E-state index contributed by atoms with van der Waals surface area (Å²) in [5.74, 6) is -0.692. The lowest BCUT2D eigenvalue weighted by molar-refractivity contribution is 0.0215. The minimum atomic E-state index is -0.380. The van der Waals surface area contributed by atoms with E-state index in [2.05, 4.69) is 5.10 Å². The van der Waals surface area contributed by atoms with Gasteiger partial charge in [-0.25, -0.2) is 9.18 Å². The Kier molecular flexibility index (Phi) is 3.61. The van der Waals surface area contributed by atoms with E-state index in [9.17, 15) is 9.18 Å². The fraction of sp³-hybridized carbons (Fsp3) is 0.294. The van der Waals surface area contributed by atoms with Gasteiger partial charge in [-0.15, -0.1) is 11.3 Å². The highest BCUT2D eigenvalue weighted by Gasteiger charge is 2.32. The molecule has 2 atom stereocenters. The molecule has 3 aromatic rings. The number of ether oxygens (including phenoxy) is 1. The van der Waals surface area contributed by atoms with Crippen LogP contribution in [0.2, 0.25) is 0 Å². The number of esters is 1. The molecule has 0 amide bonds. The number of benzene rings is 1. The highest BCUT2D eigenvalue weighted by molar-refractivity contribution is 7.20. The Morgan fingerprint density at radius 2 is 2.26 bits per heavy atom. The molecule has 2 aromatic heterocycles. The summed E-state index contributed by atoms with van der Waals surface area (Å²) in [7, 11) is 0. The van der Waals surface area contributed by atoms with Gasteiger partial charge in [0.15, 0.2) is 0 Å². The molecule has 0 spiro atoms. The van der Waals surface area contributed by atoms with Crippen molar-refractivity contribution in [2.75, 3.05) is 0 Å². The first-order valence-electron chi connectivity index (χ1n) is 7.60. The van der Waals surface area contributed by atoms with Crippen LogP contribution in [-0.2, 0) is 4.74 Å². The number of halogens is 1. The zero-order valence-corrected chi connectivity index (χ0v) is 13.1. The minimum Gasteiger partial charge on any atom is -0.456 e. The second-order valence-corrected chi connectivity index (χ2v) is 6.77. The van der Waals surface area contributed by atoms with E-state index in [0.717, 1.165) is 24.0 Å². The quantitative estimate of drug-likeness (QED) is 0.677. The Labute approximate surface area is 136 Å². The van der Waals surface area contributed by atoms with Crippen LogP contribution in [0.3, 0.4) is 0 Å². The first kappa shape index (κ1) is 14.4. The molecular weight excluding hydrogens is 315 g/mol. The van der Waals surface area contributed by atoms with E-state index >= 15 is 0 Å². The third kappa shape index (κ3) is 2.63. The molecule has 6 heteroatoms. The van der Waals surface area contributed by atoms with Crippen molar-refractivity contribution in [2.24, 2.45) is 0 Å². The third-order valence-corrected chi connectivity index (χ3v) is 5.33. The van der Waals surface area contributed by atoms with Gasteiger partial charge in [0.05, 0.1) is 6.04 Å². The molecule has 0 bridgehead atoms. The Morgan fingerprint density at radius 3 is 3.04 bits per heavy atom. The normalized spacial score (nSPS) is 20.9. The van der Waals surface area contributed by atoms with Crippen LogP contribution in [0.25, 0.3) is 10.1 Å². The van der Waals surface area contributed by atoms with Crippen LogP contribution in [0.15, 0.2) is 42.7 Å². The molecule has 118 valence electrons. The SMILES string of the molecule is O=C(O[C@@H]1CCC[C@H]1n1cccn1)c1cc2c(F)cccc2s1. The molecule has 4 nitrogen and oxygen atoms in total. The van der Waals surface area contributed by atoms with Gasteiger partial charge in [-0.3, -0.25) is 4.68 Å². The predicted octanol–water partition coefficient (Wildman–Crippen LogP) is 4.19. The molecule has 0 saturated heterocycles. The summed E-state index contributed by atoms with van der Waals surface area (Å²) in [6, 6.07) is 8.38. The molecule has 0 aliphatic heterocycles. The van der Waals surface area contributed by atoms with Crippen molar-refractivity contribution in [1.82, 2.24) is 9.78 Å². The number of carbonyl (C=O) groups excluding carboxylic acids is 1. The van der Waals surface area contributed by atoms with E-state index in [0.29, 0.717) is 10.3 Å². The van der Waals surface area contributed by atoms with Crippen molar-refractivity contribution in [2.45, 2.75) is 31.4 Å². The van der Waals surface area contributed by atoms with Crippen molar-refractivity contribution < 1.29 is 13.9 Å². The number of nitrogens with zero attached hydrogens (tertiary/aromatic N) is 2. The molecule has 0 N–H and O–H groups in total. The van der Waals surface area contributed by atoms with Crippen LogP contribution in [0.4, 0.5) is 4.39 Å².